The molecule has 0 bridgehead atoms. The van der Waals surface area contributed by atoms with Gasteiger partial charge < -0.3 is 20.3 Å². The van der Waals surface area contributed by atoms with Gasteiger partial charge in [-0.2, -0.15) is 0 Å². The maximum atomic E-state index is 12.3. The number of nitrogens with zero attached hydrogens (tertiary/aromatic N) is 2. The van der Waals surface area contributed by atoms with Gasteiger partial charge in [-0.15, -0.1) is 0 Å². The number of benzene rings is 2. The highest BCUT2D eigenvalue weighted by atomic mass is 16.5. The fourth-order valence-electron chi connectivity index (χ4n) is 2.93. The Morgan fingerprint density at radius 2 is 1.65 bits per heavy atom. The molecule has 2 atom stereocenters. The number of aliphatic hydroxyl groups is 1. The van der Waals surface area contributed by atoms with Crippen LogP contribution in [0.4, 0.5) is 5.69 Å². The van der Waals surface area contributed by atoms with Gasteiger partial charge in [0, 0.05) is 34.8 Å². The first-order valence-electron chi connectivity index (χ1n) is 10.3. The van der Waals surface area contributed by atoms with Crippen molar-refractivity contribution in [3.63, 3.8) is 0 Å². The Morgan fingerprint density at radius 3 is 2.18 bits per heavy atom. The van der Waals surface area contributed by atoms with Gasteiger partial charge in [0.15, 0.2) is 0 Å². The minimum atomic E-state index is -1.30. The Labute approximate surface area is 195 Å². The van der Waals surface area contributed by atoms with Crippen LogP contribution in [0, 0.1) is 11.8 Å². The summed E-state index contributed by atoms with van der Waals surface area (Å²) in [5, 5.41) is 23.5. The number of hydrogen-bond acceptors (Lipinski definition) is 6. The SMILES string of the molecule is C[C@@H](O)[C@H](NC(=O)c1ccc(C#Cc2ccc(NC(=O)Cn3ccnc3)cc2)cc1)C(=O)NO. The lowest BCUT2D eigenvalue weighted by Crippen LogP contribution is -2.51. The lowest BCUT2D eigenvalue weighted by molar-refractivity contribution is -0.133. The van der Waals surface area contributed by atoms with E-state index in [0.717, 1.165) is 5.56 Å². The van der Waals surface area contributed by atoms with Crippen LogP contribution in [0.25, 0.3) is 0 Å². The summed E-state index contributed by atoms with van der Waals surface area (Å²) in [5.41, 5.74) is 3.72. The third-order valence-corrected chi connectivity index (χ3v) is 4.71. The average molecular weight is 461 g/mol. The summed E-state index contributed by atoms with van der Waals surface area (Å²) in [7, 11) is 0. The van der Waals surface area contributed by atoms with Crippen molar-refractivity contribution in [1.29, 1.82) is 0 Å². The predicted octanol–water partition coefficient (Wildman–Crippen LogP) is 0.906. The van der Waals surface area contributed by atoms with Crippen LogP contribution in [0.3, 0.4) is 0 Å². The fraction of sp³-hybridized carbons (Fsp3) is 0.167. The molecule has 0 aliphatic carbocycles. The highest BCUT2D eigenvalue weighted by Gasteiger charge is 2.25. The number of hydroxylamine groups is 1. The molecule has 0 fully saturated rings. The van der Waals surface area contributed by atoms with E-state index in [1.807, 2.05) is 0 Å². The number of hydrogen-bond donors (Lipinski definition) is 5. The molecule has 0 saturated heterocycles. The Balaban J connectivity index is 1.58. The Morgan fingerprint density at radius 1 is 1.03 bits per heavy atom. The normalized spacial score (nSPS) is 12.0. The second kappa shape index (κ2) is 11.4. The minimum absolute atomic E-state index is 0.169. The first-order chi connectivity index (χ1) is 16.4. The smallest absolute Gasteiger partial charge is 0.268 e. The molecule has 3 aromatic rings. The van der Waals surface area contributed by atoms with Crippen LogP contribution in [-0.4, -0.2) is 49.7 Å². The summed E-state index contributed by atoms with van der Waals surface area (Å²) in [4.78, 5) is 39.8. The van der Waals surface area contributed by atoms with Crippen LogP contribution >= 0.6 is 0 Å². The number of aromatic nitrogens is 2. The third-order valence-electron chi connectivity index (χ3n) is 4.71. The fourth-order valence-corrected chi connectivity index (χ4v) is 2.93. The molecule has 0 saturated carbocycles. The van der Waals surface area contributed by atoms with Gasteiger partial charge in [0.25, 0.3) is 11.8 Å². The quantitative estimate of drug-likeness (QED) is 0.201. The first-order valence-corrected chi connectivity index (χ1v) is 10.3. The van der Waals surface area contributed by atoms with Gasteiger partial charge >= 0.3 is 0 Å². The van der Waals surface area contributed by atoms with Crippen molar-refractivity contribution >= 4 is 23.4 Å². The van der Waals surface area contributed by atoms with Crippen molar-refractivity contribution in [3.8, 4) is 11.8 Å². The summed E-state index contributed by atoms with van der Waals surface area (Å²) in [6, 6.07) is 12.1. The van der Waals surface area contributed by atoms with Crippen molar-refractivity contribution in [3.05, 3.63) is 83.9 Å². The Bertz CT molecular complexity index is 1190. The summed E-state index contributed by atoms with van der Waals surface area (Å²) >= 11 is 0. The van der Waals surface area contributed by atoms with Crippen molar-refractivity contribution in [2.75, 3.05) is 5.32 Å². The highest BCUT2D eigenvalue weighted by molar-refractivity contribution is 5.97. The van der Waals surface area contributed by atoms with Crippen molar-refractivity contribution in [2.45, 2.75) is 25.6 Å². The molecule has 2 aromatic carbocycles. The van der Waals surface area contributed by atoms with E-state index < -0.39 is 24.0 Å². The molecule has 10 heteroatoms. The number of nitrogens with one attached hydrogen (secondary N) is 3. The molecule has 34 heavy (non-hydrogen) atoms. The summed E-state index contributed by atoms with van der Waals surface area (Å²) in [5.74, 6) is 4.32. The van der Waals surface area contributed by atoms with E-state index in [0.29, 0.717) is 11.3 Å². The van der Waals surface area contributed by atoms with Gasteiger partial charge in [0.2, 0.25) is 5.91 Å². The summed E-state index contributed by atoms with van der Waals surface area (Å²) < 4.78 is 1.67. The number of amides is 3. The molecule has 1 aromatic heterocycles. The van der Waals surface area contributed by atoms with Crippen LogP contribution in [-0.2, 0) is 16.1 Å². The zero-order valence-electron chi connectivity index (χ0n) is 18.2. The molecule has 10 nitrogen and oxygen atoms in total. The minimum Gasteiger partial charge on any atom is -0.391 e. The molecule has 5 N–H and O–H groups in total. The molecule has 0 spiro atoms. The molecule has 0 unspecified atom stereocenters. The lowest BCUT2D eigenvalue weighted by Gasteiger charge is -2.19. The third kappa shape index (κ3) is 6.77. The summed E-state index contributed by atoms with van der Waals surface area (Å²) in [6.07, 6.45) is 3.69. The maximum Gasteiger partial charge on any atom is 0.268 e. The zero-order chi connectivity index (χ0) is 24.5. The largest absolute Gasteiger partial charge is 0.391 e. The highest BCUT2D eigenvalue weighted by Crippen LogP contribution is 2.10. The van der Waals surface area contributed by atoms with E-state index in [1.165, 1.54) is 24.5 Å². The number of anilines is 1. The topological polar surface area (TPSA) is 146 Å². The molecular formula is C24H23N5O5. The van der Waals surface area contributed by atoms with Crippen LogP contribution in [0.1, 0.15) is 28.4 Å². The molecule has 3 rings (SSSR count). The van der Waals surface area contributed by atoms with Gasteiger partial charge in [0.05, 0.1) is 12.4 Å². The van der Waals surface area contributed by atoms with Gasteiger partial charge in [-0.1, -0.05) is 11.8 Å². The van der Waals surface area contributed by atoms with Crippen LogP contribution in [0.2, 0.25) is 0 Å². The number of carbonyl (C=O) groups excluding carboxylic acids is 3. The van der Waals surface area contributed by atoms with Crippen molar-refractivity contribution in [1.82, 2.24) is 20.3 Å². The number of rotatable bonds is 7. The zero-order valence-corrected chi connectivity index (χ0v) is 18.2. The molecule has 0 aliphatic heterocycles. The van der Waals surface area contributed by atoms with E-state index in [2.05, 4.69) is 27.5 Å². The van der Waals surface area contributed by atoms with Gasteiger partial charge in [-0.25, -0.2) is 10.5 Å². The standard InChI is InChI=1S/C24H23N5O5/c1-16(30)22(24(33)28-34)27-23(32)19-8-4-17(5-9-19)2-3-18-6-10-20(11-7-18)26-21(31)14-29-13-12-25-15-29/h4-13,15-16,22,30,34H,14H2,1H3,(H,26,31)(H,27,32)(H,28,33)/t16-,22+/m1/s1. The molecule has 0 radical (unpaired) electrons. The van der Waals surface area contributed by atoms with Crippen LogP contribution in [0.15, 0.2) is 67.3 Å². The predicted molar refractivity (Wildman–Crippen MR) is 123 cm³/mol. The van der Waals surface area contributed by atoms with E-state index in [-0.39, 0.29) is 18.0 Å². The van der Waals surface area contributed by atoms with Crippen LogP contribution < -0.4 is 16.1 Å². The Hall–Kier alpha value is -4.46. The number of carbonyl (C=O) groups is 3. The van der Waals surface area contributed by atoms with Gasteiger partial charge in [-0.3, -0.25) is 19.6 Å². The van der Waals surface area contributed by atoms with E-state index >= 15 is 0 Å². The Kier molecular flexibility index (Phi) is 8.12. The molecule has 174 valence electrons. The van der Waals surface area contributed by atoms with Gasteiger partial charge in [-0.05, 0) is 55.5 Å². The summed E-state index contributed by atoms with van der Waals surface area (Å²) in [6.45, 7) is 1.49. The van der Waals surface area contributed by atoms with E-state index in [4.69, 9.17) is 5.21 Å². The lowest BCUT2D eigenvalue weighted by atomic mass is 10.1. The van der Waals surface area contributed by atoms with Crippen molar-refractivity contribution in [2.24, 2.45) is 0 Å². The molecule has 0 aliphatic rings. The first kappa shape index (κ1) is 24.2. The van der Waals surface area contributed by atoms with Gasteiger partial charge in [0.1, 0.15) is 12.6 Å². The molecule has 3 amide bonds. The maximum absolute atomic E-state index is 12.3. The van der Waals surface area contributed by atoms with E-state index in [9.17, 15) is 19.5 Å². The monoisotopic (exact) mass is 461 g/mol. The van der Waals surface area contributed by atoms with Crippen LogP contribution in [0.5, 0.6) is 0 Å². The molecular weight excluding hydrogens is 438 g/mol. The number of aliphatic hydroxyl groups excluding tert-OH is 1. The average Bonchev–Trinajstić information content (AvgIpc) is 3.34. The van der Waals surface area contributed by atoms with E-state index in [1.54, 1.807) is 59.7 Å². The number of imidazole rings is 1. The molecule has 1 heterocycles. The van der Waals surface area contributed by atoms with Crippen molar-refractivity contribution < 1.29 is 24.7 Å². The second-order valence-corrected chi connectivity index (χ2v) is 7.36. The second-order valence-electron chi connectivity index (χ2n) is 7.36.